The maximum Gasteiger partial charge on any atom is 0.0585 e. The third-order valence-corrected chi connectivity index (χ3v) is 3.13. The molecule has 0 aliphatic heterocycles. The lowest BCUT2D eigenvalue weighted by Gasteiger charge is -2.16. The van der Waals surface area contributed by atoms with E-state index in [4.69, 9.17) is 5.73 Å². The Hall–Kier alpha value is -1.22. The van der Waals surface area contributed by atoms with Crippen molar-refractivity contribution in [1.82, 2.24) is 0 Å². The van der Waals surface area contributed by atoms with Gasteiger partial charge in [0.2, 0.25) is 0 Å². The van der Waals surface area contributed by atoms with Gasteiger partial charge in [-0.3, -0.25) is 0 Å². The number of nitrogens with two attached hydrogens (primary N) is 1. The van der Waals surface area contributed by atoms with E-state index in [-0.39, 0.29) is 6.10 Å². The van der Waals surface area contributed by atoms with Gasteiger partial charge in [0.05, 0.1) is 17.5 Å². The molecule has 2 unspecified atom stereocenters. The maximum atomic E-state index is 9.67. The first-order valence-corrected chi connectivity index (χ1v) is 5.54. The minimum atomic E-state index is -0.137. The zero-order valence-corrected chi connectivity index (χ0v) is 8.82. The zero-order valence-electron chi connectivity index (χ0n) is 8.82. The van der Waals surface area contributed by atoms with Crippen molar-refractivity contribution in [2.75, 3.05) is 17.6 Å². The molecule has 15 heavy (non-hydrogen) atoms. The lowest BCUT2D eigenvalue weighted by molar-refractivity contribution is 0.138. The fourth-order valence-electron chi connectivity index (χ4n) is 2.15. The lowest BCUT2D eigenvalue weighted by Crippen LogP contribution is -2.22. The normalized spacial score (nSPS) is 25.4. The Kier molecular flexibility index (Phi) is 3.11. The van der Waals surface area contributed by atoms with Gasteiger partial charge in [-0.25, -0.2) is 0 Å². The molecule has 2 rings (SSSR count). The molecule has 1 aliphatic carbocycles. The maximum absolute atomic E-state index is 9.67. The predicted octanol–water partition coefficient (Wildman–Crippen LogP) is 1.84. The molecule has 3 nitrogen and oxygen atoms in total. The first-order valence-electron chi connectivity index (χ1n) is 5.54. The highest BCUT2D eigenvalue weighted by atomic mass is 16.3. The zero-order chi connectivity index (χ0) is 10.7. The van der Waals surface area contributed by atoms with E-state index in [1.54, 1.807) is 0 Å². The molecular formula is C12H18N2O. The second-order valence-electron chi connectivity index (χ2n) is 4.23. The van der Waals surface area contributed by atoms with E-state index in [9.17, 15) is 5.11 Å². The van der Waals surface area contributed by atoms with E-state index >= 15 is 0 Å². The number of rotatable bonds is 3. The molecule has 1 fully saturated rings. The Labute approximate surface area is 90.3 Å². The fraction of sp³-hybridized carbons (Fsp3) is 0.500. The largest absolute Gasteiger partial charge is 0.397 e. The molecule has 0 amide bonds. The molecule has 0 radical (unpaired) electrons. The van der Waals surface area contributed by atoms with Crippen molar-refractivity contribution in [3.63, 3.8) is 0 Å². The Bertz CT molecular complexity index is 327. The number of aliphatic hydroxyl groups is 1. The van der Waals surface area contributed by atoms with Crippen LogP contribution in [0.3, 0.4) is 0 Å². The van der Waals surface area contributed by atoms with Gasteiger partial charge in [0.15, 0.2) is 0 Å². The summed E-state index contributed by atoms with van der Waals surface area (Å²) in [6, 6.07) is 7.73. The molecule has 4 N–H and O–H groups in total. The number of aliphatic hydroxyl groups excluding tert-OH is 1. The van der Waals surface area contributed by atoms with Crippen LogP contribution >= 0.6 is 0 Å². The molecule has 0 heterocycles. The van der Waals surface area contributed by atoms with Gasteiger partial charge < -0.3 is 16.2 Å². The van der Waals surface area contributed by atoms with Gasteiger partial charge >= 0.3 is 0 Å². The van der Waals surface area contributed by atoms with Crippen LogP contribution in [0.25, 0.3) is 0 Å². The molecule has 2 atom stereocenters. The lowest BCUT2D eigenvalue weighted by atomic mass is 10.1. The smallest absolute Gasteiger partial charge is 0.0585 e. The Morgan fingerprint density at radius 1 is 1.33 bits per heavy atom. The van der Waals surface area contributed by atoms with Gasteiger partial charge in [-0.15, -0.1) is 0 Å². The summed E-state index contributed by atoms with van der Waals surface area (Å²) in [7, 11) is 0. The molecular weight excluding hydrogens is 188 g/mol. The molecule has 1 aromatic rings. The number of benzene rings is 1. The van der Waals surface area contributed by atoms with Crippen molar-refractivity contribution >= 4 is 11.4 Å². The third-order valence-electron chi connectivity index (χ3n) is 3.13. The minimum Gasteiger partial charge on any atom is -0.397 e. The molecule has 0 spiro atoms. The van der Waals surface area contributed by atoms with Crippen LogP contribution in [-0.4, -0.2) is 17.8 Å². The number of hydrogen-bond acceptors (Lipinski definition) is 3. The highest BCUT2D eigenvalue weighted by Crippen LogP contribution is 2.26. The number of nitrogens with one attached hydrogen (secondary N) is 1. The topological polar surface area (TPSA) is 58.3 Å². The van der Waals surface area contributed by atoms with Crippen molar-refractivity contribution < 1.29 is 5.11 Å². The van der Waals surface area contributed by atoms with E-state index in [1.165, 1.54) is 0 Å². The SMILES string of the molecule is Nc1ccccc1NCC1CCCC1O. The van der Waals surface area contributed by atoms with Gasteiger partial charge in [-0.05, 0) is 25.0 Å². The highest BCUT2D eigenvalue weighted by Gasteiger charge is 2.24. The Morgan fingerprint density at radius 3 is 2.80 bits per heavy atom. The van der Waals surface area contributed by atoms with Crippen LogP contribution in [0.2, 0.25) is 0 Å². The molecule has 0 bridgehead atoms. The van der Waals surface area contributed by atoms with Crippen LogP contribution in [0.4, 0.5) is 11.4 Å². The average Bonchev–Trinajstić information content (AvgIpc) is 2.63. The van der Waals surface area contributed by atoms with Crippen molar-refractivity contribution in [1.29, 1.82) is 0 Å². The van der Waals surface area contributed by atoms with E-state index < -0.39 is 0 Å². The highest BCUT2D eigenvalue weighted by molar-refractivity contribution is 5.65. The summed E-state index contributed by atoms with van der Waals surface area (Å²) in [6.45, 7) is 0.815. The standard InChI is InChI=1S/C12H18N2O/c13-10-5-1-2-6-11(10)14-8-9-4-3-7-12(9)15/h1-2,5-6,9,12,14-15H,3-4,7-8,13H2. The van der Waals surface area contributed by atoms with Crippen LogP contribution in [0, 0.1) is 5.92 Å². The van der Waals surface area contributed by atoms with Gasteiger partial charge in [0, 0.05) is 12.5 Å². The van der Waals surface area contributed by atoms with E-state index in [2.05, 4.69) is 5.32 Å². The van der Waals surface area contributed by atoms with Crippen LogP contribution in [-0.2, 0) is 0 Å². The monoisotopic (exact) mass is 206 g/mol. The summed E-state index contributed by atoms with van der Waals surface area (Å²) in [5, 5.41) is 13.0. The second-order valence-corrected chi connectivity index (χ2v) is 4.23. The molecule has 1 aromatic carbocycles. The molecule has 3 heteroatoms. The van der Waals surface area contributed by atoms with Crippen LogP contribution in [0.5, 0.6) is 0 Å². The van der Waals surface area contributed by atoms with Crippen LogP contribution < -0.4 is 11.1 Å². The van der Waals surface area contributed by atoms with E-state index in [0.717, 1.165) is 37.2 Å². The first kappa shape index (κ1) is 10.3. The predicted molar refractivity (Wildman–Crippen MR) is 62.7 cm³/mol. The van der Waals surface area contributed by atoms with Crippen molar-refractivity contribution in [3.8, 4) is 0 Å². The van der Waals surface area contributed by atoms with E-state index in [1.807, 2.05) is 24.3 Å². The summed E-state index contributed by atoms with van der Waals surface area (Å²) in [4.78, 5) is 0. The van der Waals surface area contributed by atoms with Crippen LogP contribution in [0.15, 0.2) is 24.3 Å². The quantitative estimate of drug-likeness (QED) is 0.661. The summed E-state index contributed by atoms with van der Waals surface area (Å²) < 4.78 is 0. The molecule has 1 aliphatic rings. The van der Waals surface area contributed by atoms with Crippen molar-refractivity contribution in [3.05, 3.63) is 24.3 Å². The van der Waals surface area contributed by atoms with Gasteiger partial charge in [-0.2, -0.15) is 0 Å². The Morgan fingerprint density at radius 2 is 2.13 bits per heavy atom. The van der Waals surface area contributed by atoms with Crippen molar-refractivity contribution in [2.45, 2.75) is 25.4 Å². The molecule has 0 saturated heterocycles. The van der Waals surface area contributed by atoms with Gasteiger partial charge in [0.25, 0.3) is 0 Å². The average molecular weight is 206 g/mol. The van der Waals surface area contributed by atoms with Gasteiger partial charge in [-0.1, -0.05) is 18.6 Å². The third kappa shape index (κ3) is 2.42. The van der Waals surface area contributed by atoms with Crippen LogP contribution in [0.1, 0.15) is 19.3 Å². The van der Waals surface area contributed by atoms with E-state index in [0.29, 0.717) is 5.92 Å². The number of nitrogen functional groups attached to an aromatic ring is 1. The molecule has 82 valence electrons. The van der Waals surface area contributed by atoms with Gasteiger partial charge in [0.1, 0.15) is 0 Å². The number of anilines is 2. The Balaban J connectivity index is 1.90. The fourth-order valence-corrected chi connectivity index (χ4v) is 2.15. The second kappa shape index (κ2) is 4.53. The number of hydrogen-bond donors (Lipinski definition) is 3. The number of para-hydroxylation sites is 2. The summed E-state index contributed by atoms with van der Waals surface area (Å²) in [5.41, 5.74) is 7.55. The molecule has 0 aromatic heterocycles. The van der Waals surface area contributed by atoms with Crippen molar-refractivity contribution in [2.24, 2.45) is 5.92 Å². The minimum absolute atomic E-state index is 0.137. The first-order chi connectivity index (χ1) is 7.27. The summed E-state index contributed by atoms with van der Waals surface area (Å²) in [6.07, 6.45) is 3.05. The summed E-state index contributed by atoms with van der Waals surface area (Å²) in [5.74, 6) is 0.379. The summed E-state index contributed by atoms with van der Waals surface area (Å²) >= 11 is 0. The molecule has 1 saturated carbocycles.